The highest BCUT2D eigenvalue weighted by Crippen LogP contribution is 2.38. The summed E-state index contributed by atoms with van der Waals surface area (Å²) >= 11 is 0. The van der Waals surface area contributed by atoms with Gasteiger partial charge in [0.1, 0.15) is 41.6 Å². The van der Waals surface area contributed by atoms with Crippen LogP contribution < -0.4 is 0 Å². The minimum Gasteiger partial charge on any atom is -0.282 e. The van der Waals surface area contributed by atoms with E-state index in [1.54, 1.807) is 76.6 Å². The van der Waals surface area contributed by atoms with E-state index in [1.165, 1.54) is 60.7 Å². The molecule has 0 radical (unpaired) electrons. The zero-order valence-corrected chi connectivity index (χ0v) is 31.0. The smallest absolute Gasteiger partial charge is 0.282 e. The second-order valence-corrected chi connectivity index (χ2v) is 18.5. The lowest BCUT2D eigenvalue weighted by Crippen LogP contribution is -2.03. The van der Waals surface area contributed by atoms with Crippen LogP contribution in [0, 0.1) is 0 Å². The average Bonchev–Trinajstić information content (AvgIpc) is 3.98. The summed E-state index contributed by atoms with van der Waals surface area (Å²) in [6.45, 7) is 0. The predicted octanol–water partition coefficient (Wildman–Crippen LogP) is 4.62. The van der Waals surface area contributed by atoms with Crippen molar-refractivity contribution >= 4 is 96.2 Å². The first kappa shape index (κ1) is 34.5. The Kier molecular flexibility index (Phi) is 6.69. The summed E-state index contributed by atoms with van der Waals surface area (Å²) in [6.07, 6.45) is 2.52. The Hall–Kier alpha value is -5.98. The van der Waals surface area contributed by atoms with Gasteiger partial charge >= 0.3 is 0 Å². The number of aromatic nitrogens is 6. The van der Waals surface area contributed by atoms with E-state index >= 15 is 0 Å². The molecule has 10 rings (SSSR count). The van der Waals surface area contributed by atoms with Crippen molar-refractivity contribution in [2.24, 2.45) is 0 Å². The number of hydrogen-bond donors (Lipinski definition) is 4. The lowest BCUT2D eigenvalue weighted by atomic mass is 10.1. The molecule has 0 aliphatic carbocycles. The van der Waals surface area contributed by atoms with Crippen molar-refractivity contribution in [3.05, 3.63) is 108 Å². The summed E-state index contributed by atoms with van der Waals surface area (Å²) in [5.41, 5.74) is 3.08. The van der Waals surface area contributed by atoms with E-state index in [4.69, 9.17) is 0 Å². The van der Waals surface area contributed by atoms with Gasteiger partial charge in [-0.2, -0.15) is 43.3 Å². The maximum atomic E-state index is 12.6. The zero-order valence-electron chi connectivity index (χ0n) is 27.8. The summed E-state index contributed by atoms with van der Waals surface area (Å²) in [5, 5.41) is 1.59. The molecule has 0 saturated heterocycles. The number of nitrogens with zero attached hydrogens (tertiary/aromatic N) is 6. The van der Waals surface area contributed by atoms with Crippen LogP contribution in [0.5, 0.6) is 0 Å². The van der Waals surface area contributed by atoms with Gasteiger partial charge in [-0.1, -0.05) is 60.7 Å². The van der Waals surface area contributed by atoms with Gasteiger partial charge in [-0.15, -0.1) is 18.5 Å². The van der Waals surface area contributed by atoms with Crippen molar-refractivity contribution in [3.8, 4) is 11.4 Å². The minimum absolute atomic E-state index is 0.0191. The molecule has 4 N–H and O–H groups in total. The maximum Gasteiger partial charge on any atom is 0.295 e. The molecule has 284 valence electrons. The molecule has 0 unspecified atom stereocenters. The zero-order chi connectivity index (χ0) is 39.4. The SMILES string of the molecule is O=S(=O)(O)c1cc(-n2n3c4ccc5c(S(=O)(=O)O)cccc5c4n23)ccc1C=Cc1ccc(-n2n3c4ccc5c(S(=O)(=O)O)cccc5c4n23)cc1S(=O)(=O)O. The lowest BCUT2D eigenvalue weighted by molar-refractivity contribution is 0.480. The van der Waals surface area contributed by atoms with Crippen LogP contribution in [-0.2, 0) is 40.5 Å². The van der Waals surface area contributed by atoms with Crippen LogP contribution in [0.15, 0.2) is 117 Å². The first-order valence-corrected chi connectivity index (χ1v) is 21.9. The van der Waals surface area contributed by atoms with E-state index in [0.717, 1.165) is 0 Å². The van der Waals surface area contributed by atoms with Crippen LogP contribution in [0.3, 0.4) is 0 Å². The van der Waals surface area contributed by atoms with Gasteiger partial charge in [-0.05, 0) is 59.7 Å². The van der Waals surface area contributed by atoms with Crippen LogP contribution in [0.25, 0.3) is 67.1 Å². The van der Waals surface area contributed by atoms with Crippen molar-refractivity contribution in [2.45, 2.75) is 19.6 Å². The molecule has 56 heavy (non-hydrogen) atoms. The van der Waals surface area contributed by atoms with Crippen LogP contribution >= 0.6 is 0 Å². The van der Waals surface area contributed by atoms with Crippen LogP contribution in [0.1, 0.15) is 11.1 Å². The molecule has 22 heteroatoms. The van der Waals surface area contributed by atoms with Crippen molar-refractivity contribution in [1.29, 1.82) is 0 Å². The largest absolute Gasteiger partial charge is 0.295 e. The van der Waals surface area contributed by atoms with Crippen LogP contribution in [0.4, 0.5) is 0 Å². The molecule has 0 atom stereocenters. The Bertz CT molecular complexity index is 3570. The van der Waals surface area contributed by atoms with Crippen LogP contribution in [0.2, 0.25) is 0 Å². The van der Waals surface area contributed by atoms with Crippen molar-refractivity contribution in [2.75, 3.05) is 0 Å². The van der Waals surface area contributed by atoms with Crippen molar-refractivity contribution in [3.63, 3.8) is 0 Å². The molecule has 4 heterocycles. The fourth-order valence-electron chi connectivity index (χ4n) is 7.38. The molecule has 0 fully saturated rings. The van der Waals surface area contributed by atoms with Crippen molar-refractivity contribution in [1.82, 2.24) is 28.1 Å². The number of benzene rings is 6. The van der Waals surface area contributed by atoms with Gasteiger partial charge in [-0.3, -0.25) is 18.2 Å². The highest BCUT2D eigenvalue weighted by Gasteiger charge is 2.30. The molecular weight excluding hydrogens is 813 g/mol. The highest BCUT2D eigenvalue weighted by molar-refractivity contribution is 7.86. The van der Waals surface area contributed by atoms with E-state index in [-0.39, 0.29) is 31.7 Å². The third-order valence-electron chi connectivity index (χ3n) is 9.80. The maximum absolute atomic E-state index is 12.6. The van der Waals surface area contributed by atoms with Gasteiger partial charge in [0, 0.05) is 21.5 Å². The fourth-order valence-corrected chi connectivity index (χ4v) is 10.2. The average molecular weight is 835 g/mol. The van der Waals surface area contributed by atoms with E-state index in [1.807, 2.05) is 0 Å². The first-order valence-electron chi connectivity index (χ1n) is 16.1. The second-order valence-electron chi connectivity index (χ2n) is 13.0. The Labute approximate surface area is 314 Å². The molecular formula is C34H22N6O12S4. The summed E-state index contributed by atoms with van der Waals surface area (Å²) in [5.74, 6) is 0. The molecule has 0 aliphatic heterocycles. The molecule has 0 spiro atoms. The summed E-state index contributed by atoms with van der Waals surface area (Å²) in [6, 6.07) is 23.5. The third kappa shape index (κ3) is 4.91. The Morgan fingerprint density at radius 1 is 0.393 bits per heavy atom. The molecule has 0 amide bonds. The van der Waals surface area contributed by atoms with E-state index in [2.05, 4.69) is 0 Å². The molecule has 0 bridgehead atoms. The monoisotopic (exact) mass is 834 g/mol. The summed E-state index contributed by atoms with van der Waals surface area (Å²) in [7, 11) is -18.7. The molecule has 4 aromatic heterocycles. The normalized spacial score (nSPS) is 13.9. The molecule has 10 aromatic rings. The molecule has 18 nitrogen and oxygen atoms in total. The molecule has 6 aromatic carbocycles. The Balaban J connectivity index is 1.02. The third-order valence-corrected chi connectivity index (χ3v) is 13.4. The molecule has 0 aliphatic rings. The summed E-state index contributed by atoms with van der Waals surface area (Å²) < 4.78 is 145. The Morgan fingerprint density at radius 3 is 1.12 bits per heavy atom. The van der Waals surface area contributed by atoms with Gasteiger partial charge < -0.3 is 0 Å². The van der Waals surface area contributed by atoms with Gasteiger partial charge in [0.15, 0.2) is 0 Å². The fraction of sp³-hybridized carbons (Fsp3) is 0. The van der Waals surface area contributed by atoms with Gasteiger partial charge in [0.25, 0.3) is 40.5 Å². The quantitative estimate of drug-likeness (QED) is 0.121. The van der Waals surface area contributed by atoms with Gasteiger partial charge in [-0.25, -0.2) is 0 Å². The van der Waals surface area contributed by atoms with Gasteiger partial charge in [0.05, 0.1) is 11.4 Å². The van der Waals surface area contributed by atoms with E-state index in [9.17, 15) is 51.9 Å². The highest BCUT2D eigenvalue weighted by atomic mass is 32.2. The number of rotatable bonds is 8. The van der Waals surface area contributed by atoms with Crippen molar-refractivity contribution < 1.29 is 51.9 Å². The predicted molar refractivity (Wildman–Crippen MR) is 201 cm³/mol. The van der Waals surface area contributed by atoms with E-state index < -0.39 is 50.3 Å². The standard InChI is InChI=1S/C34H22N6O12S4/c41-53(42,43)29-5-1-3-25-23(29)13-15-27-33(25)39-35(37(27)39)21-11-9-19(31(17-21)55(47,48)49)7-8-20-10-12-22(18-32(20)56(50,51)52)36-38-28-16-14-24-26(34(28)40(36)38)4-2-6-30(24)54(44,45)46/h1-18H,(H,41,42,43)(H,44,45,46)(H,47,48,49)(H,50,51,52). The molecule has 0 saturated carbocycles. The van der Waals surface area contributed by atoms with E-state index in [0.29, 0.717) is 44.2 Å². The topological polar surface area (TPSA) is 245 Å². The Morgan fingerprint density at radius 2 is 0.768 bits per heavy atom. The minimum atomic E-state index is -4.85. The summed E-state index contributed by atoms with van der Waals surface area (Å²) in [4.78, 5) is 1.57. The number of fused-ring (bicyclic) bond motifs is 12. The lowest BCUT2D eigenvalue weighted by Gasteiger charge is -2.07. The van der Waals surface area contributed by atoms with Gasteiger partial charge in [0.2, 0.25) is 0 Å². The number of hydrogen-bond acceptors (Lipinski definition) is 8. The van der Waals surface area contributed by atoms with Crippen LogP contribution in [-0.4, -0.2) is 80.0 Å². The first-order chi connectivity index (χ1) is 26.3. The second kappa shape index (κ2) is 10.9.